The van der Waals surface area contributed by atoms with Crippen LogP contribution in [0.2, 0.25) is 0 Å². The molecule has 0 aliphatic rings. The van der Waals surface area contributed by atoms with Crippen molar-refractivity contribution in [3.63, 3.8) is 0 Å². The second kappa shape index (κ2) is 6.20. The number of aryl methyl sites for hydroxylation is 1. The molecule has 1 heterocycles. The predicted molar refractivity (Wildman–Crippen MR) is 65.1 cm³/mol. The molecule has 0 fully saturated rings. The van der Waals surface area contributed by atoms with Crippen LogP contribution in [0.5, 0.6) is 0 Å². The van der Waals surface area contributed by atoms with Crippen LogP contribution >= 0.6 is 0 Å². The Kier molecular flexibility index (Phi) is 4.90. The number of ether oxygens (including phenoxy) is 1. The minimum Gasteiger partial charge on any atom is -0.465 e. The summed E-state index contributed by atoms with van der Waals surface area (Å²) in [7, 11) is 1.34. The van der Waals surface area contributed by atoms with Gasteiger partial charge in [0.2, 0.25) is 0 Å². The number of pyridine rings is 1. The maximum absolute atomic E-state index is 11.3. The Balaban J connectivity index is 2.72. The van der Waals surface area contributed by atoms with Crippen LogP contribution in [0.3, 0.4) is 0 Å². The summed E-state index contributed by atoms with van der Waals surface area (Å²) in [4.78, 5) is 15.6. The van der Waals surface area contributed by atoms with E-state index in [0.29, 0.717) is 30.0 Å². The lowest BCUT2D eigenvalue weighted by atomic mass is 10.2. The van der Waals surface area contributed by atoms with E-state index in [-0.39, 0.29) is 0 Å². The topological polar surface area (TPSA) is 71.5 Å². The SMILES string of the molecule is CCC(O)CNc1ccc(C(=O)OC)c(C)n1. The maximum atomic E-state index is 11.3. The molecule has 1 rings (SSSR count). The fourth-order valence-corrected chi connectivity index (χ4v) is 1.35. The minimum absolute atomic E-state index is 0.391. The zero-order valence-corrected chi connectivity index (χ0v) is 10.4. The highest BCUT2D eigenvalue weighted by atomic mass is 16.5. The average molecular weight is 238 g/mol. The first-order chi connectivity index (χ1) is 8.08. The molecular formula is C12H18N2O3. The third-order valence-corrected chi connectivity index (χ3v) is 2.48. The molecule has 1 atom stereocenters. The number of anilines is 1. The van der Waals surface area contributed by atoms with Crippen molar-refractivity contribution < 1.29 is 14.6 Å². The second-order valence-corrected chi connectivity index (χ2v) is 3.76. The van der Waals surface area contributed by atoms with Gasteiger partial charge in [-0.3, -0.25) is 0 Å². The quantitative estimate of drug-likeness (QED) is 0.758. The minimum atomic E-state index is -0.393. The van der Waals surface area contributed by atoms with Gasteiger partial charge in [0.25, 0.3) is 0 Å². The monoisotopic (exact) mass is 238 g/mol. The van der Waals surface area contributed by atoms with Gasteiger partial charge in [-0.2, -0.15) is 0 Å². The second-order valence-electron chi connectivity index (χ2n) is 3.76. The summed E-state index contributed by atoms with van der Waals surface area (Å²) in [5, 5.41) is 12.4. The third kappa shape index (κ3) is 3.71. The molecule has 1 aromatic heterocycles. The molecule has 5 nitrogen and oxygen atoms in total. The fourth-order valence-electron chi connectivity index (χ4n) is 1.35. The molecule has 5 heteroatoms. The molecule has 0 saturated carbocycles. The summed E-state index contributed by atoms with van der Waals surface area (Å²) in [6.45, 7) is 4.10. The van der Waals surface area contributed by atoms with Crippen molar-refractivity contribution in [3.8, 4) is 0 Å². The molecule has 0 amide bonds. The molecule has 0 saturated heterocycles. The standard InChI is InChI=1S/C12H18N2O3/c1-4-9(15)7-13-11-6-5-10(8(2)14-11)12(16)17-3/h5-6,9,15H,4,7H2,1-3H3,(H,13,14). The molecule has 0 spiro atoms. The van der Waals surface area contributed by atoms with Gasteiger partial charge in [0.1, 0.15) is 5.82 Å². The largest absolute Gasteiger partial charge is 0.465 e. The van der Waals surface area contributed by atoms with Crippen LogP contribution in [-0.2, 0) is 4.74 Å². The molecule has 0 radical (unpaired) electrons. The number of carbonyl (C=O) groups is 1. The molecule has 2 N–H and O–H groups in total. The van der Waals surface area contributed by atoms with E-state index < -0.39 is 12.1 Å². The van der Waals surface area contributed by atoms with Gasteiger partial charge in [0.15, 0.2) is 0 Å². The van der Waals surface area contributed by atoms with Crippen molar-refractivity contribution in [2.75, 3.05) is 19.0 Å². The molecule has 0 bridgehead atoms. The van der Waals surface area contributed by atoms with Gasteiger partial charge in [-0.25, -0.2) is 9.78 Å². The van der Waals surface area contributed by atoms with Crippen molar-refractivity contribution in [1.82, 2.24) is 4.98 Å². The van der Waals surface area contributed by atoms with Gasteiger partial charge >= 0.3 is 5.97 Å². The highest BCUT2D eigenvalue weighted by Gasteiger charge is 2.10. The zero-order valence-electron chi connectivity index (χ0n) is 10.4. The summed E-state index contributed by atoms with van der Waals surface area (Å²) >= 11 is 0. The number of aromatic nitrogens is 1. The lowest BCUT2D eigenvalue weighted by Gasteiger charge is -2.11. The van der Waals surface area contributed by atoms with Crippen LogP contribution in [0, 0.1) is 6.92 Å². The highest BCUT2D eigenvalue weighted by Crippen LogP contribution is 2.11. The van der Waals surface area contributed by atoms with Crippen LogP contribution in [0.4, 0.5) is 5.82 Å². The predicted octanol–water partition coefficient (Wildman–Crippen LogP) is 1.36. The molecule has 0 aliphatic heterocycles. The van der Waals surface area contributed by atoms with E-state index >= 15 is 0 Å². The van der Waals surface area contributed by atoms with E-state index in [4.69, 9.17) is 0 Å². The molecular weight excluding hydrogens is 220 g/mol. The van der Waals surface area contributed by atoms with E-state index in [9.17, 15) is 9.90 Å². The molecule has 17 heavy (non-hydrogen) atoms. The van der Waals surface area contributed by atoms with Crippen molar-refractivity contribution >= 4 is 11.8 Å². The Morgan fingerprint density at radius 1 is 1.59 bits per heavy atom. The first-order valence-corrected chi connectivity index (χ1v) is 5.56. The van der Waals surface area contributed by atoms with E-state index in [1.54, 1.807) is 19.1 Å². The van der Waals surface area contributed by atoms with Crippen molar-refractivity contribution in [1.29, 1.82) is 0 Å². The number of aliphatic hydroxyl groups excluding tert-OH is 1. The molecule has 0 aromatic carbocycles. The van der Waals surface area contributed by atoms with Gasteiger partial charge < -0.3 is 15.2 Å². The smallest absolute Gasteiger partial charge is 0.339 e. The fraction of sp³-hybridized carbons (Fsp3) is 0.500. The number of rotatable bonds is 5. The number of carbonyl (C=O) groups excluding carboxylic acids is 1. The average Bonchev–Trinajstić information content (AvgIpc) is 2.35. The maximum Gasteiger partial charge on any atom is 0.339 e. The van der Waals surface area contributed by atoms with Gasteiger partial charge in [-0.1, -0.05) is 6.92 Å². The number of hydrogen-bond acceptors (Lipinski definition) is 5. The van der Waals surface area contributed by atoms with Crippen LogP contribution in [0.15, 0.2) is 12.1 Å². The summed E-state index contributed by atoms with van der Waals surface area (Å²) in [6.07, 6.45) is 0.295. The van der Waals surface area contributed by atoms with E-state index in [1.165, 1.54) is 7.11 Å². The van der Waals surface area contributed by atoms with Gasteiger partial charge in [0.05, 0.1) is 24.5 Å². The molecule has 94 valence electrons. The van der Waals surface area contributed by atoms with Crippen LogP contribution < -0.4 is 5.32 Å². The Bertz CT molecular complexity index is 393. The van der Waals surface area contributed by atoms with Crippen LogP contribution in [0.1, 0.15) is 29.4 Å². The van der Waals surface area contributed by atoms with E-state index in [0.717, 1.165) is 0 Å². The van der Waals surface area contributed by atoms with Crippen molar-refractivity contribution in [2.45, 2.75) is 26.4 Å². The lowest BCUT2D eigenvalue weighted by molar-refractivity contribution is 0.0599. The van der Waals surface area contributed by atoms with Crippen LogP contribution in [-0.4, -0.2) is 35.8 Å². The highest BCUT2D eigenvalue weighted by molar-refractivity contribution is 5.90. The zero-order chi connectivity index (χ0) is 12.8. The third-order valence-electron chi connectivity index (χ3n) is 2.48. The number of nitrogens with zero attached hydrogens (tertiary/aromatic N) is 1. The number of hydrogen-bond donors (Lipinski definition) is 2. The van der Waals surface area contributed by atoms with E-state index in [1.807, 2.05) is 6.92 Å². The number of methoxy groups -OCH3 is 1. The summed E-state index contributed by atoms with van der Waals surface area (Å²) in [5.41, 5.74) is 1.06. The number of esters is 1. The molecule has 1 unspecified atom stereocenters. The number of nitrogens with one attached hydrogen (secondary N) is 1. The van der Waals surface area contributed by atoms with Crippen molar-refractivity contribution in [3.05, 3.63) is 23.4 Å². The van der Waals surface area contributed by atoms with E-state index in [2.05, 4.69) is 15.0 Å². The Morgan fingerprint density at radius 2 is 2.29 bits per heavy atom. The number of aliphatic hydroxyl groups is 1. The van der Waals surface area contributed by atoms with Crippen LogP contribution in [0.25, 0.3) is 0 Å². The molecule has 1 aromatic rings. The first kappa shape index (κ1) is 13.4. The Hall–Kier alpha value is -1.62. The summed E-state index contributed by atoms with van der Waals surface area (Å²) in [5.74, 6) is 0.248. The van der Waals surface area contributed by atoms with Gasteiger partial charge in [0, 0.05) is 6.54 Å². The summed E-state index contributed by atoms with van der Waals surface area (Å²) in [6, 6.07) is 3.36. The molecule has 0 aliphatic carbocycles. The Labute approximate surface area is 101 Å². The Morgan fingerprint density at radius 3 is 2.82 bits per heavy atom. The normalized spacial score (nSPS) is 12.0. The van der Waals surface area contributed by atoms with Crippen molar-refractivity contribution in [2.24, 2.45) is 0 Å². The first-order valence-electron chi connectivity index (χ1n) is 5.56. The van der Waals surface area contributed by atoms with Gasteiger partial charge in [-0.05, 0) is 25.5 Å². The van der Waals surface area contributed by atoms with Gasteiger partial charge in [-0.15, -0.1) is 0 Å². The lowest BCUT2D eigenvalue weighted by Crippen LogP contribution is -2.19. The summed E-state index contributed by atoms with van der Waals surface area (Å²) < 4.78 is 4.63.